The first-order valence-electron chi connectivity index (χ1n) is 8.87. The number of para-hydroxylation sites is 1. The van der Waals surface area contributed by atoms with Crippen molar-refractivity contribution in [2.75, 3.05) is 16.8 Å². The monoisotopic (exact) mass is 397 g/mol. The van der Waals surface area contributed by atoms with E-state index in [1.54, 1.807) is 19.2 Å². The van der Waals surface area contributed by atoms with Gasteiger partial charge in [-0.15, -0.1) is 0 Å². The molecule has 144 valence electrons. The third-order valence-corrected chi connectivity index (χ3v) is 6.30. The molecule has 8 nitrogen and oxygen atoms in total. The molecule has 1 aliphatic heterocycles. The number of hydrogen-bond donors (Lipinski definition) is 2. The van der Waals surface area contributed by atoms with Crippen LogP contribution in [-0.4, -0.2) is 46.8 Å². The van der Waals surface area contributed by atoms with Gasteiger partial charge in [-0.05, 0) is 25.5 Å². The smallest absolute Gasteiger partial charge is 0.270 e. The Balaban J connectivity index is 1.58. The molecule has 1 aliphatic rings. The van der Waals surface area contributed by atoms with E-state index in [0.717, 1.165) is 16.6 Å². The van der Waals surface area contributed by atoms with Crippen LogP contribution < -0.4 is 10.6 Å². The fourth-order valence-corrected chi connectivity index (χ4v) is 4.93. The van der Waals surface area contributed by atoms with Crippen molar-refractivity contribution in [3.05, 3.63) is 54.1 Å². The van der Waals surface area contributed by atoms with Crippen molar-refractivity contribution in [1.29, 1.82) is 0 Å². The first kappa shape index (κ1) is 18.3. The summed E-state index contributed by atoms with van der Waals surface area (Å²) in [5.41, 5.74) is 1.75. The first-order chi connectivity index (χ1) is 13.4. The van der Waals surface area contributed by atoms with Gasteiger partial charge in [0.15, 0.2) is 9.84 Å². The quantitative estimate of drug-likeness (QED) is 0.692. The highest BCUT2D eigenvalue weighted by Gasteiger charge is 2.29. The van der Waals surface area contributed by atoms with Crippen LogP contribution in [0, 0.1) is 6.92 Å². The number of benzene rings is 1. The van der Waals surface area contributed by atoms with Gasteiger partial charge in [-0.2, -0.15) is 0 Å². The Morgan fingerprint density at radius 1 is 1.18 bits per heavy atom. The summed E-state index contributed by atoms with van der Waals surface area (Å²) in [6.45, 7) is 1.70. The fourth-order valence-electron chi connectivity index (χ4n) is 3.26. The summed E-state index contributed by atoms with van der Waals surface area (Å²) in [5, 5.41) is 6.94. The number of carbonyl (C=O) groups excluding carboxylic acids is 1. The van der Waals surface area contributed by atoms with Crippen molar-refractivity contribution >= 4 is 38.2 Å². The predicted octanol–water partition coefficient (Wildman–Crippen LogP) is 1.99. The van der Waals surface area contributed by atoms with Gasteiger partial charge in [-0.1, -0.05) is 18.2 Å². The Morgan fingerprint density at radius 2 is 2.00 bits per heavy atom. The zero-order chi connectivity index (χ0) is 19.7. The van der Waals surface area contributed by atoms with E-state index < -0.39 is 15.7 Å². The third-order valence-electron chi connectivity index (χ3n) is 4.53. The number of hydrogen-bond acceptors (Lipinski definition) is 7. The third kappa shape index (κ3) is 3.94. The minimum atomic E-state index is -3.07. The molecule has 28 heavy (non-hydrogen) atoms. The number of aromatic nitrogens is 3. The molecule has 2 aromatic heterocycles. The van der Waals surface area contributed by atoms with Gasteiger partial charge in [0.05, 0.1) is 22.7 Å². The van der Waals surface area contributed by atoms with Gasteiger partial charge < -0.3 is 10.6 Å². The van der Waals surface area contributed by atoms with Gasteiger partial charge in [0.25, 0.3) is 5.91 Å². The van der Waals surface area contributed by atoms with Crippen molar-refractivity contribution in [3.8, 4) is 0 Å². The van der Waals surface area contributed by atoms with E-state index in [0.29, 0.717) is 18.1 Å². The number of sulfone groups is 1. The van der Waals surface area contributed by atoms with E-state index in [-0.39, 0.29) is 23.2 Å². The molecular weight excluding hydrogens is 378 g/mol. The molecule has 1 amide bonds. The van der Waals surface area contributed by atoms with Crippen LogP contribution in [-0.2, 0) is 9.84 Å². The molecule has 0 spiro atoms. The second kappa shape index (κ2) is 7.16. The molecule has 9 heteroatoms. The standard InChI is InChI=1S/C19H19N5O3S/c1-12-21-16(19(25)23-14-7-9-28(26,27)11-14)10-17(22-12)24-15-6-2-4-13-5-3-8-20-18(13)15/h2-6,8,10,14H,7,9,11H2,1H3,(H,23,25)(H,21,22,24). The van der Waals surface area contributed by atoms with E-state index in [4.69, 9.17) is 0 Å². The SMILES string of the molecule is Cc1nc(Nc2cccc3cccnc23)cc(C(=O)NC2CCS(=O)(=O)C2)n1. The maximum absolute atomic E-state index is 12.5. The second-order valence-electron chi connectivity index (χ2n) is 6.76. The largest absolute Gasteiger partial charge is 0.347 e. The average Bonchev–Trinajstić information content (AvgIpc) is 3.00. The van der Waals surface area contributed by atoms with E-state index in [1.165, 1.54) is 0 Å². The molecule has 1 saturated heterocycles. The van der Waals surface area contributed by atoms with Crippen molar-refractivity contribution in [3.63, 3.8) is 0 Å². The van der Waals surface area contributed by atoms with Gasteiger partial charge in [-0.3, -0.25) is 9.78 Å². The maximum atomic E-state index is 12.5. The molecule has 2 N–H and O–H groups in total. The minimum Gasteiger partial charge on any atom is -0.347 e. The summed E-state index contributed by atoms with van der Waals surface area (Å²) in [6.07, 6.45) is 2.14. The molecule has 4 rings (SSSR count). The number of amides is 1. The lowest BCUT2D eigenvalue weighted by Crippen LogP contribution is -2.36. The summed E-state index contributed by atoms with van der Waals surface area (Å²) in [4.78, 5) is 25.5. The topological polar surface area (TPSA) is 114 Å². The van der Waals surface area contributed by atoms with Gasteiger partial charge in [0.2, 0.25) is 0 Å². The second-order valence-corrected chi connectivity index (χ2v) is 8.99. The van der Waals surface area contributed by atoms with E-state index in [2.05, 4.69) is 25.6 Å². The lowest BCUT2D eigenvalue weighted by atomic mass is 10.2. The molecule has 0 saturated carbocycles. The number of carbonyl (C=O) groups is 1. The number of fused-ring (bicyclic) bond motifs is 1. The highest BCUT2D eigenvalue weighted by atomic mass is 32.2. The Morgan fingerprint density at radius 3 is 2.79 bits per heavy atom. The summed E-state index contributed by atoms with van der Waals surface area (Å²) >= 11 is 0. The average molecular weight is 397 g/mol. The first-order valence-corrected chi connectivity index (χ1v) is 10.7. The number of aryl methyl sites for hydroxylation is 1. The van der Waals surface area contributed by atoms with Crippen molar-refractivity contribution in [1.82, 2.24) is 20.3 Å². The summed E-state index contributed by atoms with van der Waals surface area (Å²) in [5.74, 6) is 0.556. The van der Waals surface area contributed by atoms with Crippen LogP contribution in [0.1, 0.15) is 22.7 Å². The van der Waals surface area contributed by atoms with Crippen LogP contribution in [0.4, 0.5) is 11.5 Å². The zero-order valence-electron chi connectivity index (χ0n) is 15.2. The van der Waals surface area contributed by atoms with E-state index >= 15 is 0 Å². The highest BCUT2D eigenvalue weighted by Crippen LogP contribution is 2.24. The molecular formula is C19H19N5O3S. The summed E-state index contributed by atoms with van der Waals surface area (Å²) in [6, 6.07) is 10.8. The summed E-state index contributed by atoms with van der Waals surface area (Å²) < 4.78 is 23.2. The van der Waals surface area contributed by atoms with Crippen LogP contribution in [0.15, 0.2) is 42.6 Å². The summed E-state index contributed by atoms with van der Waals surface area (Å²) in [7, 11) is -3.07. The Labute approximate surface area is 162 Å². The molecule has 0 radical (unpaired) electrons. The van der Waals surface area contributed by atoms with Crippen LogP contribution >= 0.6 is 0 Å². The van der Waals surface area contributed by atoms with Crippen molar-refractivity contribution in [2.24, 2.45) is 0 Å². The number of rotatable bonds is 4. The maximum Gasteiger partial charge on any atom is 0.270 e. The highest BCUT2D eigenvalue weighted by molar-refractivity contribution is 7.91. The Kier molecular flexibility index (Phi) is 4.68. The molecule has 0 bridgehead atoms. The number of nitrogens with one attached hydrogen (secondary N) is 2. The van der Waals surface area contributed by atoms with Gasteiger partial charge in [0, 0.05) is 23.7 Å². The number of nitrogens with zero attached hydrogens (tertiary/aromatic N) is 3. The fraction of sp³-hybridized carbons (Fsp3) is 0.263. The van der Waals surface area contributed by atoms with Crippen LogP contribution in [0.3, 0.4) is 0 Å². The molecule has 3 aromatic rings. The normalized spacial score (nSPS) is 18.1. The van der Waals surface area contributed by atoms with E-state index in [9.17, 15) is 13.2 Å². The molecule has 3 heterocycles. The van der Waals surface area contributed by atoms with Crippen LogP contribution in [0.5, 0.6) is 0 Å². The Bertz CT molecular complexity index is 1160. The molecule has 1 atom stereocenters. The molecule has 1 fully saturated rings. The zero-order valence-corrected chi connectivity index (χ0v) is 16.0. The van der Waals surface area contributed by atoms with Crippen molar-refractivity contribution in [2.45, 2.75) is 19.4 Å². The molecule has 0 aliphatic carbocycles. The minimum absolute atomic E-state index is 0.0322. The molecule has 1 aromatic carbocycles. The van der Waals surface area contributed by atoms with Crippen LogP contribution in [0.2, 0.25) is 0 Å². The predicted molar refractivity (Wildman–Crippen MR) is 106 cm³/mol. The number of anilines is 2. The lowest BCUT2D eigenvalue weighted by molar-refractivity contribution is 0.0935. The lowest BCUT2D eigenvalue weighted by Gasteiger charge is -2.12. The van der Waals surface area contributed by atoms with E-state index in [1.807, 2.05) is 30.3 Å². The van der Waals surface area contributed by atoms with Crippen molar-refractivity contribution < 1.29 is 13.2 Å². The number of pyridine rings is 1. The van der Waals surface area contributed by atoms with Gasteiger partial charge >= 0.3 is 0 Å². The van der Waals surface area contributed by atoms with Crippen LogP contribution in [0.25, 0.3) is 10.9 Å². The van der Waals surface area contributed by atoms with Gasteiger partial charge in [-0.25, -0.2) is 18.4 Å². The molecule has 1 unspecified atom stereocenters. The van der Waals surface area contributed by atoms with Gasteiger partial charge in [0.1, 0.15) is 17.3 Å². The Hall–Kier alpha value is -3.07.